The summed E-state index contributed by atoms with van der Waals surface area (Å²) in [5.41, 5.74) is 1.71. The molecule has 0 spiro atoms. The molecule has 6 heteroatoms. The van der Waals surface area contributed by atoms with Crippen molar-refractivity contribution >= 4 is 11.8 Å². The summed E-state index contributed by atoms with van der Waals surface area (Å²) < 4.78 is 5.20. The summed E-state index contributed by atoms with van der Waals surface area (Å²) in [5.74, 6) is 0.720. The third-order valence-corrected chi connectivity index (χ3v) is 4.72. The van der Waals surface area contributed by atoms with Gasteiger partial charge in [0.1, 0.15) is 5.76 Å². The van der Waals surface area contributed by atoms with Crippen LogP contribution in [0.4, 0.5) is 0 Å². The Labute approximate surface area is 153 Å². The average molecular weight is 355 g/mol. The molecule has 0 atom stereocenters. The third kappa shape index (κ3) is 4.95. The van der Waals surface area contributed by atoms with Crippen LogP contribution in [0.1, 0.15) is 34.5 Å². The van der Waals surface area contributed by atoms with Crippen LogP contribution in [0.2, 0.25) is 0 Å². The van der Waals surface area contributed by atoms with E-state index in [9.17, 15) is 9.59 Å². The van der Waals surface area contributed by atoms with E-state index >= 15 is 0 Å². The third-order valence-electron chi connectivity index (χ3n) is 4.72. The molecule has 2 N–H and O–H groups in total. The first-order valence-corrected chi connectivity index (χ1v) is 9.00. The van der Waals surface area contributed by atoms with Gasteiger partial charge in [0.25, 0.3) is 5.91 Å². The highest BCUT2D eigenvalue weighted by Crippen LogP contribution is 2.13. The molecule has 1 fully saturated rings. The van der Waals surface area contributed by atoms with Crippen molar-refractivity contribution in [3.05, 3.63) is 59.5 Å². The fourth-order valence-corrected chi connectivity index (χ4v) is 3.18. The first kappa shape index (κ1) is 18.2. The van der Waals surface area contributed by atoms with Crippen LogP contribution in [-0.4, -0.2) is 42.4 Å². The van der Waals surface area contributed by atoms with Gasteiger partial charge in [-0.3, -0.25) is 14.5 Å². The maximum absolute atomic E-state index is 12.4. The van der Waals surface area contributed by atoms with Gasteiger partial charge >= 0.3 is 0 Å². The minimum absolute atomic E-state index is 0.0104. The smallest absolute Gasteiger partial charge is 0.251 e. The van der Waals surface area contributed by atoms with E-state index in [1.54, 1.807) is 12.3 Å². The van der Waals surface area contributed by atoms with Crippen LogP contribution in [0.25, 0.3) is 0 Å². The van der Waals surface area contributed by atoms with E-state index in [1.165, 1.54) is 0 Å². The number of rotatable bonds is 6. The van der Waals surface area contributed by atoms with Crippen molar-refractivity contribution < 1.29 is 14.0 Å². The van der Waals surface area contributed by atoms with Gasteiger partial charge < -0.3 is 15.1 Å². The molecule has 0 radical (unpaired) electrons. The summed E-state index contributed by atoms with van der Waals surface area (Å²) in [6.45, 7) is 4.33. The van der Waals surface area contributed by atoms with Crippen molar-refractivity contribution in [1.29, 1.82) is 0 Å². The van der Waals surface area contributed by atoms with Gasteiger partial charge in [-0.1, -0.05) is 18.2 Å². The Morgan fingerprint density at radius 1 is 1.15 bits per heavy atom. The lowest BCUT2D eigenvalue weighted by Crippen LogP contribution is -2.47. The number of aryl methyl sites for hydroxylation is 1. The molecule has 26 heavy (non-hydrogen) atoms. The molecule has 1 saturated heterocycles. The minimum Gasteiger partial charge on any atom is -0.467 e. The molecule has 138 valence electrons. The van der Waals surface area contributed by atoms with Gasteiger partial charge in [0, 0.05) is 24.7 Å². The van der Waals surface area contributed by atoms with E-state index in [1.807, 2.05) is 37.3 Å². The first-order chi connectivity index (χ1) is 12.6. The van der Waals surface area contributed by atoms with E-state index in [2.05, 4.69) is 15.5 Å². The number of hydrogen-bond acceptors (Lipinski definition) is 4. The highest BCUT2D eigenvalue weighted by molar-refractivity contribution is 5.95. The number of amides is 2. The van der Waals surface area contributed by atoms with Crippen LogP contribution in [0, 0.1) is 6.92 Å². The Kier molecular flexibility index (Phi) is 6.07. The van der Waals surface area contributed by atoms with Crippen molar-refractivity contribution in [2.45, 2.75) is 32.4 Å². The molecule has 1 aromatic carbocycles. The topological polar surface area (TPSA) is 74.6 Å². The second-order valence-electron chi connectivity index (χ2n) is 6.69. The van der Waals surface area contributed by atoms with E-state index < -0.39 is 0 Å². The lowest BCUT2D eigenvalue weighted by atomic mass is 10.0. The molecule has 2 heterocycles. The largest absolute Gasteiger partial charge is 0.467 e. The minimum atomic E-state index is -0.0160. The molecule has 0 unspecified atom stereocenters. The number of piperidine rings is 1. The number of nitrogens with zero attached hydrogens (tertiary/aromatic N) is 1. The van der Waals surface area contributed by atoms with Crippen molar-refractivity contribution in [3.63, 3.8) is 0 Å². The monoisotopic (exact) mass is 355 g/mol. The molecule has 0 aliphatic carbocycles. The van der Waals surface area contributed by atoms with Gasteiger partial charge in [-0.15, -0.1) is 0 Å². The zero-order chi connectivity index (χ0) is 18.4. The Bertz CT molecular complexity index is 735. The highest BCUT2D eigenvalue weighted by Gasteiger charge is 2.22. The molecular weight excluding hydrogens is 330 g/mol. The fraction of sp³-hybridized carbons (Fsp3) is 0.400. The summed E-state index contributed by atoms with van der Waals surface area (Å²) in [5, 5.41) is 5.97. The maximum atomic E-state index is 12.4. The summed E-state index contributed by atoms with van der Waals surface area (Å²) in [6.07, 6.45) is 3.30. The molecule has 3 rings (SSSR count). The molecule has 2 amide bonds. The fourth-order valence-electron chi connectivity index (χ4n) is 3.18. The standard InChI is InChI=1S/C20H25N3O3/c1-15-5-2-3-7-18(15)20(25)22-16-8-10-23(11-9-16)14-19(24)21-13-17-6-4-12-26-17/h2-7,12,16H,8-11,13-14H2,1H3,(H,21,24)(H,22,25). The van der Waals surface area contributed by atoms with Gasteiger partial charge in [-0.2, -0.15) is 0 Å². The number of carbonyl (C=O) groups is 2. The van der Waals surface area contributed by atoms with Crippen molar-refractivity contribution in [3.8, 4) is 0 Å². The molecule has 2 aromatic rings. The predicted octanol–water partition coefficient (Wildman–Crippen LogP) is 2.10. The SMILES string of the molecule is Cc1ccccc1C(=O)NC1CCN(CC(=O)NCc2ccco2)CC1. The van der Waals surface area contributed by atoms with Crippen molar-refractivity contribution in [2.24, 2.45) is 0 Å². The predicted molar refractivity (Wildman–Crippen MR) is 98.7 cm³/mol. The lowest BCUT2D eigenvalue weighted by Gasteiger charge is -2.31. The Balaban J connectivity index is 1.39. The van der Waals surface area contributed by atoms with Crippen LogP contribution in [0.3, 0.4) is 0 Å². The van der Waals surface area contributed by atoms with Crippen LogP contribution in [0.15, 0.2) is 47.1 Å². The Morgan fingerprint density at radius 2 is 1.92 bits per heavy atom. The van der Waals surface area contributed by atoms with Gasteiger partial charge in [-0.25, -0.2) is 0 Å². The molecule has 1 aromatic heterocycles. The van der Waals surface area contributed by atoms with Crippen molar-refractivity contribution in [2.75, 3.05) is 19.6 Å². The summed E-state index contributed by atoms with van der Waals surface area (Å²) >= 11 is 0. The van der Waals surface area contributed by atoms with E-state index in [0.717, 1.165) is 42.8 Å². The molecule has 0 bridgehead atoms. The molecule has 1 aliphatic rings. The zero-order valence-corrected chi connectivity index (χ0v) is 15.0. The number of likely N-dealkylation sites (tertiary alicyclic amines) is 1. The maximum Gasteiger partial charge on any atom is 0.251 e. The van der Waals surface area contributed by atoms with Crippen LogP contribution in [-0.2, 0) is 11.3 Å². The Morgan fingerprint density at radius 3 is 2.62 bits per heavy atom. The second-order valence-corrected chi connectivity index (χ2v) is 6.69. The first-order valence-electron chi connectivity index (χ1n) is 9.00. The molecular formula is C20H25N3O3. The number of carbonyl (C=O) groups excluding carboxylic acids is 2. The Hall–Kier alpha value is -2.60. The number of nitrogens with one attached hydrogen (secondary N) is 2. The summed E-state index contributed by atoms with van der Waals surface area (Å²) in [4.78, 5) is 26.5. The van der Waals surface area contributed by atoms with Crippen LogP contribution in [0.5, 0.6) is 0 Å². The van der Waals surface area contributed by atoms with Gasteiger partial charge in [0.2, 0.25) is 5.91 Å². The quantitative estimate of drug-likeness (QED) is 0.832. The summed E-state index contributed by atoms with van der Waals surface area (Å²) in [7, 11) is 0. The number of hydrogen-bond donors (Lipinski definition) is 2. The van der Waals surface area contributed by atoms with Gasteiger partial charge in [0.15, 0.2) is 0 Å². The molecule has 6 nitrogen and oxygen atoms in total. The van der Waals surface area contributed by atoms with E-state index in [4.69, 9.17) is 4.42 Å². The highest BCUT2D eigenvalue weighted by atomic mass is 16.3. The normalized spacial score (nSPS) is 15.6. The molecule has 0 saturated carbocycles. The van der Waals surface area contributed by atoms with Crippen molar-refractivity contribution in [1.82, 2.24) is 15.5 Å². The second kappa shape index (κ2) is 8.67. The molecule has 1 aliphatic heterocycles. The summed E-state index contributed by atoms with van der Waals surface area (Å²) in [6, 6.07) is 11.4. The zero-order valence-electron chi connectivity index (χ0n) is 15.0. The average Bonchev–Trinajstić information content (AvgIpc) is 3.15. The van der Waals surface area contributed by atoms with Crippen LogP contribution < -0.4 is 10.6 Å². The van der Waals surface area contributed by atoms with Crippen LogP contribution >= 0.6 is 0 Å². The number of furan rings is 1. The lowest BCUT2D eigenvalue weighted by molar-refractivity contribution is -0.122. The van der Waals surface area contributed by atoms with E-state index in [-0.39, 0.29) is 17.9 Å². The number of benzene rings is 1. The van der Waals surface area contributed by atoms with Gasteiger partial charge in [0.05, 0.1) is 19.4 Å². The van der Waals surface area contributed by atoms with E-state index in [0.29, 0.717) is 13.1 Å². The van der Waals surface area contributed by atoms with Gasteiger partial charge in [-0.05, 0) is 43.5 Å².